The van der Waals surface area contributed by atoms with E-state index in [2.05, 4.69) is 39.2 Å². The molecule has 0 bridgehead atoms. The van der Waals surface area contributed by atoms with Gasteiger partial charge in [0.2, 0.25) is 0 Å². The van der Waals surface area contributed by atoms with Gasteiger partial charge < -0.3 is 5.32 Å². The maximum absolute atomic E-state index is 12.3. The Morgan fingerprint density at radius 2 is 2.20 bits per heavy atom. The highest BCUT2D eigenvalue weighted by molar-refractivity contribution is 5.93. The number of carbonyl (C=O) groups excluding carboxylic acids is 1. The van der Waals surface area contributed by atoms with Crippen molar-refractivity contribution in [3.8, 4) is 0 Å². The molecule has 3 rings (SSSR count). The summed E-state index contributed by atoms with van der Waals surface area (Å²) >= 11 is 0. The molecule has 2 aromatic heterocycles. The molecular weight excluding hydrogens is 314 g/mol. The molecule has 1 atom stereocenters. The van der Waals surface area contributed by atoms with E-state index in [4.69, 9.17) is 0 Å². The van der Waals surface area contributed by atoms with Crippen LogP contribution in [0.2, 0.25) is 0 Å². The van der Waals surface area contributed by atoms with Crippen molar-refractivity contribution in [3.05, 3.63) is 46.5 Å². The fourth-order valence-corrected chi connectivity index (χ4v) is 3.51. The molecular formula is C19H27N5O. The summed E-state index contributed by atoms with van der Waals surface area (Å²) in [5, 5.41) is 10.4. The topological polar surface area (TPSA) is 73.9 Å². The zero-order chi connectivity index (χ0) is 17.8. The van der Waals surface area contributed by atoms with Crippen molar-refractivity contribution in [2.24, 2.45) is 5.92 Å². The molecule has 2 N–H and O–H groups in total. The van der Waals surface area contributed by atoms with E-state index in [-0.39, 0.29) is 5.91 Å². The van der Waals surface area contributed by atoms with E-state index in [9.17, 15) is 4.79 Å². The number of aryl methyl sites for hydroxylation is 3. The summed E-state index contributed by atoms with van der Waals surface area (Å²) in [7, 11) is 0. The lowest BCUT2D eigenvalue weighted by Crippen LogP contribution is -2.40. The van der Waals surface area contributed by atoms with Crippen LogP contribution in [0.5, 0.6) is 0 Å². The van der Waals surface area contributed by atoms with Gasteiger partial charge in [0.25, 0.3) is 5.91 Å². The molecule has 3 heterocycles. The van der Waals surface area contributed by atoms with Crippen molar-refractivity contribution < 1.29 is 4.79 Å². The molecule has 25 heavy (non-hydrogen) atoms. The van der Waals surface area contributed by atoms with Gasteiger partial charge in [-0.2, -0.15) is 5.10 Å². The Labute approximate surface area is 149 Å². The Bertz CT molecular complexity index is 720. The normalized spacial score (nSPS) is 18.3. The number of H-pyrrole nitrogens is 1. The zero-order valence-corrected chi connectivity index (χ0v) is 15.3. The highest BCUT2D eigenvalue weighted by Gasteiger charge is 2.22. The monoisotopic (exact) mass is 341 g/mol. The summed E-state index contributed by atoms with van der Waals surface area (Å²) < 4.78 is 0. The average Bonchev–Trinajstić information content (AvgIpc) is 2.92. The molecule has 0 saturated carbocycles. The molecule has 2 aromatic rings. The van der Waals surface area contributed by atoms with Crippen molar-refractivity contribution in [2.75, 3.05) is 19.6 Å². The number of rotatable bonds is 5. The van der Waals surface area contributed by atoms with Crippen LogP contribution in [0.1, 0.15) is 45.7 Å². The third kappa shape index (κ3) is 4.45. The van der Waals surface area contributed by atoms with Crippen LogP contribution in [0.4, 0.5) is 0 Å². The molecule has 0 aromatic carbocycles. The maximum atomic E-state index is 12.3. The highest BCUT2D eigenvalue weighted by Crippen LogP contribution is 2.20. The van der Waals surface area contributed by atoms with Gasteiger partial charge in [-0.1, -0.05) is 0 Å². The van der Waals surface area contributed by atoms with Crippen molar-refractivity contribution in [1.29, 1.82) is 0 Å². The first-order valence-corrected chi connectivity index (χ1v) is 8.95. The van der Waals surface area contributed by atoms with Gasteiger partial charge in [0.1, 0.15) is 0 Å². The highest BCUT2D eigenvalue weighted by atomic mass is 16.1. The fourth-order valence-electron chi connectivity index (χ4n) is 3.51. The van der Waals surface area contributed by atoms with Crippen molar-refractivity contribution in [3.63, 3.8) is 0 Å². The second kappa shape index (κ2) is 7.78. The van der Waals surface area contributed by atoms with E-state index in [1.54, 1.807) is 12.4 Å². The first-order chi connectivity index (χ1) is 12.0. The molecule has 6 heteroatoms. The number of nitrogens with zero attached hydrogens (tertiary/aromatic N) is 3. The van der Waals surface area contributed by atoms with Crippen LogP contribution in [-0.4, -0.2) is 45.6 Å². The van der Waals surface area contributed by atoms with Crippen LogP contribution < -0.4 is 5.32 Å². The van der Waals surface area contributed by atoms with Crippen LogP contribution in [0, 0.1) is 26.7 Å². The van der Waals surface area contributed by atoms with Gasteiger partial charge in [-0.15, -0.1) is 0 Å². The molecule has 6 nitrogen and oxygen atoms in total. The Morgan fingerprint density at radius 3 is 2.92 bits per heavy atom. The lowest BCUT2D eigenvalue weighted by Gasteiger charge is -2.32. The lowest BCUT2D eigenvalue weighted by molar-refractivity contribution is 0.0930. The number of hydrogen-bond donors (Lipinski definition) is 2. The minimum Gasteiger partial charge on any atom is -0.352 e. The molecule has 1 fully saturated rings. The van der Waals surface area contributed by atoms with Gasteiger partial charge in [0, 0.05) is 43.3 Å². The SMILES string of the molecule is Cc1cncc(C(=O)NC[C@H]2CCCN(Cc3c(C)n[nH]c3C)C2)c1. The van der Waals surface area contributed by atoms with E-state index >= 15 is 0 Å². The minimum atomic E-state index is -0.0325. The van der Waals surface area contributed by atoms with E-state index in [1.165, 1.54) is 12.0 Å². The average molecular weight is 341 g/mol. The van der Waals surface area contributed by atoms with Gasteiger partial charge in [0.15, 0.2) is 0 Å². The van der Waals surface area contributed by atoms with Gasteiger partial charge in [-0.3, -0.25) is 19.8 Å². The Hall–Kier alpha value is -2.21. The van der Waals surface area contributed by atoms with E-state index in [0.29, 0.717) is 18.0 Å². The van der Waals surface area contributed by atoms with Gasteiger partial charge in [0.05, 0.1) is 11.3 Å². The standard InChI is InChI=1S/C19H27N5O/c1-13-7-17(10-20-8-13)19(25)21-9-16-5-4-6-24(11-16)12-18-14(2)22-23-15(18)3/h7-8,10,16H,4-6,9,11-12H2,1-3H3,(H,21,25)(H,22,23)/t16-/m1/s1. The molecule has 0 spiro atoms. The minimum absolute atomic E-state index is 0.0325. The number of carbonyl (C=O) groups is 1. The van der Waals surface area contributed by atoms with E-state index in [1.807, 2.05) is 13.0 Å². The summed E-state index contributed by atoms with van der Waals surface area (Å²) in [6.07, 6.45) is 5.71. The van der Waals surface area contributed by atoms with Gasteiger partial charge in [-0.25, -0.2) is 0 Å². The number of nitrogens with one attached hydrogen (secondary N) is 2. The van der Waals surface area contributed by atoms with Crippen LogP contribution in [-0.2, 0) is 6.54 Å². The zero-order valence-electron chi connectivity index (χ0n) is 15.3. The first kappa shape index (κ1) is 17.6. The summed E-state index contributed by atoms with van der Waals surface area (Å²) in [5.74, 6) is 0.456. The van der Waals surface area contributed by atoms with Gasteiger partial charge in [-0.05, 0) is 57.7 Å². The first-order valence-electron chi connectivity index (χ1n) is 8.95. The van der Waals surface area contributed by atoms with E-state index < -0.39 is 0 Å². The fraction of sp³-hybridized carbons (Fsp3) is 0.526. The van der Waals surface area contributed by atoms with Crippen LogP contribution in [0.25, 0.3) is 0 Å². The summed E-state index contributed by atoms with van der Waals surface area (Å²) in [6.45, 7) is 9.84. The second-order valence-electron chi connectivity index (χ2n) is 7.12. The number of aromatic nitrogens is 3. The number of amides is 1. The number of pyridine rings is 1. The maximum Gasteiger partial charge on any atom is 0.252 e. The van der Waals surface area contributed by atoms with E-state index in [0.717, 1.165) is 43.0 Å². The third-order valence-corrected chi connectivity index (χ3v) is 4.95. The molecule has 1 aliphatic rings. The van der Waals surface area contributed by atoms with Crippen LogP contribution in [0.15, 0.2) is 18.5 Å². The Kier molecular flexibility index (Phi) is 5.48. The molecule has 0 aliphatic carbocycles. The Balaban J connectivity index is 1.52. The lowest BCUT2D eigenvalue weighted by atomic mass is 9.97. The molecule has 1 amide bonds. The quantitative estimate of drug-likeness (QED) is 0.876. The largest absolute Gasteiger partial charge is 0.352 e. The predicted molar refractivity (Wildman–Crippen MR) is 97.4 cm³/mol. The third-order valence-electron chi connectivity index (χ3n) is 4.95. The predicted octanol–water partition coefficient (Wildman–Crippen LogP) is 2.37. The number of aromatic amines is 1. The summed E-state index contributed by atoms with van der Waals surface area (Å²) in [6, 6.07) is 1.87. The molecule has 1 saturated heterocycles. The second-order valence-corrected chi connectivity index (χ2v) is 7.12. The molecule has 134 valence electrons. The number of likely N-dealkylation sites (tertiary alicyclic amines) is 1. The van der Waals surface area contributed by atoms with Crippen LogP contribution >= 0.6 is 0 Å². The molecule has 0 radical (unpaired) electrons. The van der Waals surface area contributed by atoms with Gasteiger partial charge >= 0.3 is 0 Å². The number of hydrogen-bond acceptors (Lipinski definition) is 4. The molecule has 1 aliphatic heterocycles. The van der Waals surface area contributed by atoms with Crippen molar-refractivity contribution in [1.82, 2.24) is 25.4 Å². The van der Waals surface area contributed by atoms with Crippen molar-refractivity contribution in [2.45, 2.75) is 40.2 Å². The summed E-state index contributed by atoms with van der Waals surface area (Å²) in [4.78, 5) is 18.9. The molecule has 0 unspecified atom stereocenters. The number of piperidine rings is 1. The van der Waals surface area contributed by atoms with Crippen LogP contribution in [0.3, 0.4) is 0 Å². The van der Waals surface area contributed by atoms with Crippen molar-refractivity contribution >= 4 is 5.91 Å². The Morgan fingerprint density at radius 1 is 1.36 bits per heavy atom. The smallest absolute Gasteiger partial charge is 0.252 e. The summed E-state index contributed by atoms with van der Waals surface area (Å²) in [5.41, 5.74) is 5.18.